The van der Waals surface area contributed by atoms with Gasteiger partial charge in [-0.25, -0.2) is 0 Å². The number of hydrogen-bond donors (Lipinski definition) is 2. The van der Waals surface area contributed by atoms with Crippen LogP contribution in [0, 0.1) is 0 Å². The lowest BCUT2D eigenvalue weighted by Crippen LogP contribution is -2.48. The van der Waals surface area contributed by atoms with Gasteiger partial charge in [-0.1, -0.05) is 11.6 Å². The number of hydrogen-bond acceptors (Lipinski definition) is 3. The third-order valence-corrected chi connectivity index (χ3v) is 5.41. The first-order chi connectivity index (χ1) is 10.6. The summed E-state index contributed by atoms with van der Waals surface area (Å²) in [5, 5.41) is 11.6. The van der Waals surface area contributed by atoms with Crippen molar-refractivity contribution in [3.8, 4) is 0 Å². The Morgan fingerprint density at radius 1 is 1.36 bits per heavy atom. The van der Waals surface area contributed by atoms with E-state index in [1.54, 1.807) is 12.1 Å². The van der Waals surface area contributed by atoms with Gasteiger partial charge < -0.3 is 10.2 Å². The van der Waals surface area contributed by atoms with Crippen LogP contribution in [-0.2, 0) is 0 Å². The molecule has 1 amide bonds. The number of aromatic amines is 1. The van der Waals surface area contributed by atoms with E-state index in [9.17, 15) is 4.79 Å². The maximum absolute atomic E-state index is 12.6. The van der Waals surface area contributed by atoms with Crippen molar-refractivity contribution in [2.24, 2.45) is 0 Å². The number of aromatic nitrogens is 2. The first-order valence-electron chi connectivity index (χ1n) is 7.78. The van der Waals surface area contributed by atoms with Crippen LogP contribution in [-0.4, -0.2) is 46.2 Å². The molecule has 2 fully saturated rings. The second-order valence-electron chi connectivity index (χ2n) is 6.45. The maximum atomic E-state index is 12.6. The third kappa shape index (κ3) is 2.29. The third-order valence-electron chi connectivity index (χ3n) is 5.17. The summed E-state index contributed by atoms with van der Waals surface area (Å²) >= 11 is 6.03. The van der Waals surface area contributed by atoms with E-state index < -0.39 is 0 Å². The minimum atomic E-state index is -0.109. The van der Waals surface area contributed by atoms with Gasteiger partial charge in [0.15, 0.2) is 5.69 Å². The number of H-pyrrole nitrogens is 1. The summed E-state index contributed by atoms with van der Waals surface area (Å²) in [7, 11) is 2.20. The number of nitrogens with zero attached hydrogens (tertiary/aromatic N) is 2. The smallest absolute Gasteiger partial charge is 0.272 e. The Kier molecular flexibility index (Phi) is 3.35. The highest BCUT2D eigenvalue weighted by atomic mass is 35.5. The number of carbonyl (C=O) groups is 1. The number of fused-ring (bicyclic) bond motifs is 3. The Bertz CT molecular complexity index is 714. The van der Waals surface area contributed by atoms with E-state index in [2.05, 4.69) is 27.5 Å². The topological polar surface area (TPSA) is 61.0 Å². The van der Waals surface area contributed by atoms with Crippen LogP contribution in [0.25, 0.3) is 10.9 Å². The van der Waals surface area contributed by atoms with Gasteiger partial charge in [0.25, 0.3) is 5.91 Å². The molecule has 2 aliphatic heterocycles. The molecule has 0 saturated carbocycles. The second kappa shape index (κ2) is 5.25. The van der Waals surface area contributed by atoms with E-state index in [4.69, 9.17) is 11.6 Å². The fourth-order valence-corrected chi connectivity index (χ4v) is 4.11. The Balaban J connectivity index is 1.53. The predicted molar refractivity (Wildman–Crippen MR) is 86.2 cm³/mol. The summed E-state index contributed by atoms with van der Waals surface area (Å²) in [4.78, 5) is 15.0. The molecule has 2 saturated heterocycles. The molecule has 4 rings (SSSR count). The number of nitrogens with one attached hydrogen (secondary N) is 2. The fourth-order valence-electron chi connectivity index (χ4n) is 3.94. The number of halogens is 1. The molecule has 1 aromatic heterocycles. The summed E-state index contributed by atoms with van der Waals surface area (Å²) in [6.07, 6.45) is 4.55. The average molecular weight is 319 g/mol. The quantitative estimate of drug-likeness (QED) is 0.894. The molecule has 1 aromatic carbocycles. The van der Waals surface area contributed by atoms with Gasteiger partial charge in [-0.2, -0.15) is 5.10 Å². The molecular weight excluding hydrogens is 300 g/mol. The van der Waals surface area contributed by atoms with Gasteiger partial charge in [0.05, 0.1) is 5.52 Å². The van der Waals surface area contributed by atoms with Crippen molar-refractivity contribution in [1.82, 2.24) is 20.4 Å². The van der Waals surface area contributed by atoms with Crippen LogP contribution < -0.4 is 5.32 Å². The average Bonchev–Trinajstić information content (AvgIpc) is 2.97. The zero-order valence-electron chi connectivity index (χ0n) is 12.5. The Morgan fingerprint density at radius 3 is 2.82 bits per heavy atom. The van der Waals surface area contributed by atoms with Crippen molar-refractivity contribution in [3.63, 3.8) is 0 Å². The van der Waals surface area contributed by atoms with E-state index in [1.807, 2.05) is 6.07 Å². The lowest BCUT2D eigenvalue weighted by atomic mass is 9.98. The van der Waals surface area contributed by atoms with Gasteiger partial charge in [-0.05, 0) is 50.9 Å². The highest BCUT2D eigenvalue weighted by Gasteiger charge is 2.39. The van der Waals surface area contributed by atoms with Crippen molar-refractivity contribution in [2.75, 3.05) is 7.05 Å². The molecule has 2 N–H and O–H groups in total. The van der Waals surface area contributed by atoms with Crippen LogP contribution in [0.15, 0.2) is 18.2 Å². The van der Waals surface area contributed by atoms with Crippen molar-refractivity contribution in [2.45, 2.75) is 43.8 Å². The highest BCUT2D eigenvalue weighted by molar-refractivity contribution is 6.31. The summed E-state index contributed by atoms with van der Waals surface area (Å²) in [6, 6.07) is 6.87. The first kappa shape index (κ1) is 14.0. The molecule has 2 atom stereocenters. The van der Waals surface area contributed by atoms with Gasteiger partial charge in [0.1, 0.15) is 0 Å². The van der Waals surface area contributed by atoms with E-state index in [1.165, 1.54) is 12.8 Å². The van der Waals surface area contributed by atoms with E-state index >= 15 is 0 Å². The summed E-state index contributed by atoms with van der Waals surface area (Å²) in [5.41, 5.74) is 1.27. The Morgan fingerprint density at radius 2 is 2.09 bits per heavy atom. The Labute approximate surface area is 134 Å². The van der Waals surface area contributed by atoms with Gasteiger partial charge >= 0.3 is 0 Å². The molecule has 0 spiro atoms. The summed E-state index contributed by atoms with van der Waals surface area (Å²) in [5.74, 6) is -0.109. The van der Waals surface area contributed by atoms with Crippen LogP contribution >= 0.6 is 11.6 Å². The van der Waals surface area contributed by atoms with Crippen molar-refractivity contribution in [1.29, 1.82) is 0 Å². The van der Waals surface area contributed by atoms with Crippen LogP contribution in [0.2, 0.25) is 5.02 Å². The molecule has 2 bridgehead atoms. The maximum Gasteiger partial charge on any atom is 0.272 e. The molecule has 2 aliphatic rings. The lowest BCUT2D eigenvalue weighted by molar-refractivity contribution is 0.0879. The molecule has 0 radical (unpaired) electrons. The zero-order chi connectivity index (χ0) is 15.3. The van der Waals surface area contributed by atoms with Crippen LogP contribution in [0.5, 0.6) is 0 Å². The Hall–Kier alpha value is -1.59. The molecule has 116 valence electrons. The van der Waals surface area contributed by atoms with Gasteiger partial charge in [0, 0.05) is 28.5 Å². The molecular formula is C16H19ClN4O. The van der Waals surface area contributed by atoms with Crippen LogP contribution in [0.3, 0.4) is 0 Å². The van der Waals surface area contributed by atoms with Crippen molar-refractivity contribution < 1.29 is 4.79 Å². The van der Waals surface area contributed by atoms with Gasteiger partial charge in [0.2, 0.25) is 0 Å². The zero-order valence-corrected chi connectivity index (χ0v) is 13.2. The molecule has 6 heteroatoms. The number of amides is 1. The minimum absolute atomic E-state index is 0.109. The van der Waals surface area contributed by atoms with E-state index in [0.717, 1.165) is 23.7 Å². The number of piperidine rings is 1. The van der Waals surface area contributed by atoms with Crippen LogP contribution in [0.4, 0.5) is 0 Å². The monoisotopic (exact) mass is 318 g/mol. The highest BCUT2D eigenvalue weighted by Crippen LogP contribution is 2.34. The minimum Gasteiger partial charge on any atom is -0.348 e. The molecule has 5 nitrogen and oxygen atoms in total. The first-order valence-corrected chi connectivity index (χ1v) is 8.16. The van der Waals surface area contributed by atoms with E-state index in [0.29, 0.717) is 22.8 Å². The van der Waals surface area contributed by atoms with E-state index in [-0.39, 0.29) is 11.9 Å². The SMILES string of the molecule is CN1C2CCC1CC(NC(=O)c1n[nH]c3ccc(Cl)cc13)C2. The summed E-state index contributed by atoms with van der Waals surface area (Å²) < 4.78 is 0. The molecule has 22 heavy (non-hydrogen) atoms. The summed E-state index contributed by atoms with van der Waals surface area (Å²) in [6.45, 7) is 0. The lowest BCUT2D eigenvalue weighted by Gasteiger charge is -2.36. The number of benzene rings is 1. The van der Waals surface area contributed by atoms with Crippen LogP contribution in [0.1, 0.15) is 36.2 Å². The van der Waals surface area contributed by atoms with Gasteiger partial charge in [-0.15, -0.1) is 0 Å². The van der Waals surface area contributed by atoms with Crippen molar-refractivity contribution >= 4 is 28.4 Å². The molecule has 0 aliphatic carbocycles. The molecule has 3 heterocycles. The molecule has 2 unspecified atom stereocenters. The fraction of sp³-hybridized carbons (Fsp3) is 0.500. The number of rotatable bonds is 2. The van der Waals surface area contributed by atoms with Crippen molar-refractivity contribution in [3.05, 3.63) is 28.9 Å². The normalized spacial score (nSPS) is 28.2. The standard InChI is InChI=1S/C16H19ClN4O/c1-21-11-3-4-12(21)8-10(7-11)18-16(22)15-13-6-9(17)2-5-14(13)19-20-15/h2,5-6,10-12H,3-4,7-8H2,1H3,(H,18,22)(H,19,20). The largest absolute Gasteiger partial charge is 0.348 e. The second-order valence-corrected chi connectivity index (χ2v) is 6.89. The predicted octanol–water partition coefficient (Wildman–Crippen LogP) is 2.57. The van der Waals surface area contributed by atoms with Gasteiger partial charge in [-0.3, -0.25) is 9.89 Å². The number of carbonyl (C=O) groups excluding carboxylic acids is 1. The molecule has 2 aromatic rings.